The van der Waals surface area contributed by atoms with Gasteiger partial charge in [0, 0.05) is 17.2 Å². The summed E-state index contributed by atoms with van der Waals surface area (Å²) in [4.78, 5) is 9.01. The molecule has 0 fully saturated rings. The number of aromatic nitrogens is 2. The van der Waals surface area contributed by atoms with Gasteiger partial charge in [-0.25, -0.2) is 4.98 Å². The fraction of sp³-hybridized carbons (Fsp3) is 0.600. The quantitative estimate of drug-likeness (QED) is 0.804. The van der Waals surface area contributed by atoms with Gasteiger partial charge in [0.15, 0.2) is 12.0 Å². The lowest BCUT2D eigenvalue weighted by atomic mass is 9.89. The molecule has 3 nitrogen and oxygen atoms in total. The molecule has 0 aliphatic rings. The van der Waals surface area contributed by atoms with Gasteiger partial charge in [-0.05, 0) is 12.3 Å². The Bertz CT molecular complexity index is 537. The number of oxazole rings is 1. The molecule has 0 spiro atoms. The molecule has 0 aromatic carbocycles. The molecular weight excluding hydrogens is 224 g/mol. The van der Waals surface area contributed by atoms with Crippen LogP contribution in [0.4, 0.5) is 0 Å². The van der Waals surface area contributed by atoms with Crippen LogP contribution in [0.15, 0.2) is 17.0 Å². The van der Waals surface area contributed by atoms with Gasteiger partial charge in [-0.3, -0.25) is 4.98 Å². The number of rotatable bonds is 3. The molecule has 0 bridgehead atoms. The highest BCUT2D eigenvalue weighted by Gasteiger charge is 2.23. The molecule has 2 rings (SSSR count). The van der Waals surface area contributed by atoms with E-state index in [4.69, 9.17) is 4.42 Å². The van der Waals surface area contributed by atoms with Gasteiger partial charge in [-0.15, -0.1) is 0 Å². The summed E-state index contributed by atoms with van der Waals surface area (Å²) in [7, 11) is 0. The zero-order valence-electron chi connectivity index (χ0n) is 11.9. The zero-order chi connectivity index (χ0) is 13.3. The van der Waals surface area contributed by atoms with Crippen LogP contribution in [0.2, 0.25) is 0 Å². The molecule has 18 heavy (non-hydrogen) atoms. The molecule has 2 heterocycles. The van der Waals surface area contributed by atoms with E-state index in [1.807, 2.05) is 6.20 Å². The Hall–Kier alpha value is -1.38. The van der Waals surface area contributed by atoms with Gasteiger partial charge in [0.2, 0.25) is 0 Å². The predicted octanol–water partition coefficient (Wildman–Crippen LogP) is 4.42. The van der Waals surface area contributed by atoms with Crippen molar-refractivity contribution in [1.82, 2.24) is 9.97 Å². The maximum absolute atomic E-state index is 5.57. The first-order chi connectivity index (χ1) is 8.45. The Kier molecular flexibility index (Phi) is 3.42. The van der Waals surface area contributed by atoms with E-state index in [-0.39, 0.29) is 5.41 Å². The third kappa shape index (κ3) is 2.26. The van der Waals surface area contributed by atoms with E-state index in [0.29, 0.717) is 5.92 Å². The Balaban J connectivity index is 2.57. The summed E-state index contributed by atoms with van der Waals surface area (Å²) in [5.41, 5.74) is 4.00. The van der Waals surface area contributed by atoms with Crippen LogP contribution in [-0.4, -0.2) is 9.97 Å². The third-order valence-corrected chi connectivity index (χ3v) is 3.35. The lowest BCUT2D eigenvalue weighted by Crippen LogP contribution is -2.14. The summed E-state index contributed by atoms with van der Waals surface area (Å²) in [6, 6.07) is 0. The van der Waals surface area contributed by atoms with Gasteiger partial charge in [0.05, 0.1) is 5.69 Å². The van der Waals surface area contributed by atoms with Crippen molar-refractivity contribution in [3.63, 3.8) is 0 Å². The Morgan fingerprint density at radius 3 is 2.61 bits per heavy atom. The van der Waals surface area contributed by atoms with E-state index in [1.165, 1.54) is 18.4 Å². The summed E-state index contributed by atoms with van der Waals surface area (Å²) in [5.74, 6) is 0.476. The summed E-state index contributed by atoms with van der Waals surface area (Å²) < 4.78 is 5.57. The minimum absolute atomic E-state index is 0.0235. The monoisotopic (exact) mass is 246 g/mol. The number of fused-ring (bicyclic) bond motifs is 1. The molecule has 0 amide bonds. The van der Waals surface area contributed by atoms with E-state index in [2.05, 4.69) is 44.6 Å². The topological polar surface area (TPSA) is 38.9 Å². The van der Waals surface area contributed by atoms with E-state index in [1.54, 1.807) is 0 Å². The van der Waals surface area contributed by atoms with Gasteiger partial charge >= 0.3 is 0 Å². The second kappa shape index (κ2) is 4.71. The van der Waals surface area contributed by atoms with Crippen LogP contribution in [-0.2, 0) is 5.41 Å². The standard InChI is InChI=1S/C15H22N2O/c1-6-7-10(2)11-8-16-14(15(3,4)5)13-12(11)17-9-18-13/h8-10H,6-7H2,1-5H3. The van der Waals surface area contributed by atoms with Crippen LogP contribution in [0.5, 0.6) is 0 Å². The zero-order valence-corrected chi connectivity index (χ0v) is 11.9. The van der Waals surface area contributed by atoms with Gasteiger partial charge in [-0.2, -0.15) is 0 Å². The van der Waals surface area contributed by atoms with Crippen molar-refractivity contribution in [1.29, 1.82) is 0 Å². The molecule has 1 atom stereocenters. The first-order valence-corrected chi connectivity index (χ1v) is 6.67. The van der Waals surface area contributed by atoms with Crippen molar-refractivity contribution in [3.8, 4) is 0 Å². The number of hydrogen-bond acceptors (Lipinski definition) is 3. The van der Waals surface area contributed by atoms with E-state index in [9.17, 15) is 0 Å². The van der Waals surface area contributed by atoms with Crippen molar-refractivity contribution in [2.45, 2.75) is 58.8 Å². The second-order valence-electron chi connectivity index (χ2n) is 6.03. The number of nitrogens with zero attached hydrogens (tertiary/aromatic N) is 2. The Labute approximate surface area is 109 Å². The fourth-order valence-electron chi connectivity index (χ4n) is 2.36. The lowest BCUT2D eigenvalue weighted by molar-refractivity contribution is 0.538. The number of pyridine rings is 1. The summed E-state index contributed by atoms with van der Waals surface area (Å²) in [6.07, 6.45) is 5.83. The first-order valence-electron chi connectivity index (χ1n) is 6.67. The summed E-state index contributed by atoms with van der Waals surface area (Å²) in [6.45, 7) is 10.9. The maximum Gasteiger partial charge on any atom is 0.182 e. The molecule has 2 aromatic rings. The molecule has 98 valence electrons. The molecule has 0 saturated heterocycles. The summed E-state index contributed by atoms with van der Waals surface area (Å²) in [5, 5.41) is 0. The lowest BCUT2D eigenvalue weighted by Gasteiger charge is -2.19. The normalized spacial score (nSPS) is 14.1. The molecule has 2 aromatic heterocycles. The average Bonchev–Trinajstić information content (AvgIpc) is 2.74. The van der Waals surface area contributed by atoms with E-state index >= 15 is 0 Å². The maximum atomic E-state index is 5.57. The first kappa shape index (κ1) is 13.1. The highest BCUT2D eigenvalue weighted by Crippen LogP contribution is 2.33. The molecule has 0 saturated carbocycles. The van der Waals surface area contributed by atoms with Crippen LogP contribution >= 0.6 is 0 Å². The summed E-state index contributed by atoms with van der Waals surface area (Å²) >= 11 is 0. The molecule has 0 N–H and O–H groups in total. The van der Waals surface area contributed by atoms with Gasteiger partial charge < -0.3 is 4.42 Å². The Morgan fingerprint density at radius 1 is 1.28 bits per heavy atom. The van der Waals surface area contributed by atoms with Gasteiger partial charge in [0.25, 0.3) is 0 Å². The van der Waals surface area contributed by atoms with E-state index in [0.717, 1.165) is 23.2 Å². The molecule has 1 unspecified atom stereocenters. The van der Waals surface area contributed by atoms with Crippen LogP contribution in [0.25, 0.3) is 11.1 Å². The van der Waals surface area contributed by atoms with Crippen LogP contribution in [0, 0.1) is 0 Å². The van der Waals surface area contributed by atoms with Crippen LogP contribution in [0.1, 0.15) is 64.6 Å². The van der Waals surface area contributed by atoms with Crippen molar-refractivity contribution in [2.75, 3.05) is 0 Å². The predicted molar refractivity (Wildman–Crippen MR) is 73.8 cm³/mol. The SMILES string of the molecule is CCCC(C)c1cnc(C(C)(C)C)c2ocnc12. The number of hydrogen-bond donors (Lipinski definition) is 0. The molecule has 0 radical (unpaired) electrons. The molecule has 0 aliphatic carbocycles. The third-order valence-electron chi connectivity index (χ3n) is 3.35. The van der Waals surface area contributed by atoms with Crippen molar-refractivity contribution < 1.29 is 4.42 Å². The van der Waals surface area contributed by atoms with Gasteiger partial charge in [-0.1, -0.05) is 41.0 Å². The Morgan fingerprint density at radius 2 is 2.00 bits per heavy atom. The molecular formula is C15H22N2O. The second-order valence-corrected chi connectivity index (χ2v) is 6.03. The van der Waals surface area contributed by atoms with Gasteiger partial charge in [0.1, 0.15) is 5.52 Å². The van der Waals surface area contributed by atoms with E-state index < -0.39 is 0 Å². The average molecular weight is 246 g/mol. The van der Waals surface area contributed by atoms with Crippen molar-refractivity contribution >= 4 is 11.1 Å². The van der Waals surface area contributed by atoms with Crippen LogP contribution in [0.3, 0.4) is 0 Å². The van der Waals surface area contributed by atoms with Crippen molar-refractivity contribution in [2.24, 2.45) is 0 Å². The van der Waals surface area contributed by atoms with Crippen molar-refractivity contribution in [3.05, 3.63) is 23.8 Å². The highest BCUT2D eigenvalue weighted by molar-refractivity contribution is 5.79. The smallest absolute Gasteiger partial charge is 0.182 e. The molecule has 3 heteroatoms. The van der Waals surface area contributed by atoms with Crippen LogP contribution < -0.4 is 0 Å². The highest BCUT2D eigenvalue weighted by atomic mass is 16.3. The fourth-order valence-corrected chi connectivity index (χ4v) is 2.36. The molecule has 0 aliphatic heterocycles. The minimum atomic E-state index is -0.0235. The minimum Gasteiger partial charge on any atom is -0.442 e. The largest absolute Gasteiger partial charge is 0.442 e.